The van der Waals surface area contributed by atoms with Crippen LogP contribution in [0.5, 0.6) is 5.88 Å². The van der Waals surface area contributed by atoms with Gasteiger partial charge >= 0.3 is 6.09 Å². The van der Waals surface area contributed by atoms with Crippen LogP contribution in [-0.4, -0.2) is 47.0 Å². The SMILES string of the molecule is COc1n[nH]c(C2CCN(C(=O)OC(C)(C)C)CC2)c1C. The Morgan fingerprint density at radius 2 is 1.95 bits per heavy atom. The van der Waals surface area contributed by atoms with E-state index in [2.05, 4.69) is 10.2 Å². The average Bonchev–Trinajstić information content (AvgIpc) is 2.78. The highest BCUT2D eigenvalue weighted by Gasteiger charge is 2.29. The topological polar surface area (TPSA) is 67.5 Å². The van der Waals surface area contributed by atoms with Crippen LogP contribution in [0.3, 0.4) is 0 Å². The van der Waals surface area contributed by atoms with Gasteiger partial charge in [0.25, 0.3) is 0 Å². The Morgan fingerprint density at radius 3 is 2.43 bits per heavy atom. The number of ether oxygens (including phenoxy) is 2. The quantitative estimate of drug-likeness (QED) is 0.911. The highest BCUT2D eigenvalue weighted by molar-refractivity contribution is 5.68. The van der Waals surface area contributed by atoms with Crippen molar-refractivity contribution in [2.75, 3.05) is 20.2 Å². The second-order valence-corrected chi connectivity index (χ2v) is 6.51. The third-order valence-corrected chi connectivity index (χ3v) is 3.75. The van der Waals surface area contributed by atoms with E-state index in [-0.39, 0.29) is 6.09 Å². The number of nitrogens with zero attached hydrogens (tertiary/aromatic N) is 2. The summed E-state index contributed by atoms with van der Waals surface area (Å²) in [7, 11) is 1.62. The number of rotatable bonds is 2. The van der Waals surface area contributed by atoms with E-state index in [1.165, 1.54) is 0 Å². The van der Waals surface area contributed by atoms with Gasteiger partial charge in [-0.05, 0) is 40.5 Å². The van der Waals surface area contributed by atoms with Crippen molar-refractivity contribution in [3.8, 4) is 5.88 Å². The summed E-state index contributed by atoms with van der Waals surface area (Å²) in [5, 5.41) is 7.23. The first-order valence-electron chi connectivity index (χ1n) is 7.38. The molecule has 0 bridgehead atoms. The lowest BCUT2D eigenvalue weighted by Gasteiger charge is -2.33. The number of likely N-dealkylation sites (tertiary alicyclic amines) is 1. The molecule has 1 aliphatic rings. The molecule has 0 aliphatic carbocycles. The smallest absolute Gasteiger partial charge is 0.410 e. The highest BCUT2D eigenvalue weighted by atomic mass is 16.6. The first-order valence-corrected chi connectivity index (χ1v) is 7.38. The second kappa shape index (κ2) is 5.95. The van der Waals surface area contributed by atoms with Crippen LogP contribution in [0.25, 0.3) is 0 Å². The van der Waals surface area contributed by atoms with E-state index in [1.807, 2.05) is 27.7 Å². The number of aromatic amines is 1. The zero-order valence-electron chi connectivity index (χ0n) is 13.5. The van der Waals surface area contributed by atoms with Crippen molar-refractivity contribution in [3.05, 3.63) is 11.3 Å². The minimum absolute atomic E-state index is 0.222. The fourth-order valence-electron chi connectivity index (χ4n) is 2.67. The Hall–Kier alpha value is -1.72. The van der Waals surface area contributed by atoms with Gasteiger partial charge in [-0.3, -0.25) is 5.10 Å². The minimum Gasteiger partial charge on any atom is -0.480 e. The van der Waals surface area contributed by atoms with E-state index in [1.54, 1.807) is 12.0 Å². The second-order valence-electron chi connectivity index (χ2n) is 6.51. The van der Waals surface area contributed by atoms with Gasteiger partial charge in [0.15, 0.2) is 0 Å². The maximum Gasteiger partial charge on any atom is 0.410 e. The molecule has 1 N–H and O–H groups in total. The fraction of sp³-hybridized carbons (Fsp3) is 0.733. The molecule has 1 fully saturated rings. The van der Waals surface area contributed by atoms with Crippen LogP contribution < -0.4 is 4.74 Å². The van der Waals surface area contributed by atoms with Crippen LogP contribution in [0, 0.1) is 6.92 Å². The Balaban J connectivity index is 1.94. The first kappa shape index (κ1) is 15.7. The maximum atomic E-state index is 12.0. The third kappa shape index (κ3) is 3.68. The normalized spacial score (nSPS) is 16.9. The first-order chi connectivity index (χ1) is 9.81. The van der Waals surface area contributed by atoms with Crippen LogP contribution in [0.15, 0.2) is 0 Å². The third-order valence-electron chi connectivity index (χ3n) is 3.75. The Bertz CT molecular complexity index is 497. The Kier molecular flexibility index (Phi) is 4.44. The lowest BCUT2D eigenvalue weighted by Crippen LogP contribution is -2.41. The molecule has 2 rings (SSSR count). The summed E-state index contributed by atoms with van der Waals surface area (Å²) in [4.78, 5) is 13.8. The molecule has 118 valence electrons. The van der Waals surface area contributed by atoms with E-state index >= 15 is 0 Å². The van der Waals surface area contributed by atoms with Crippen molar-refractivity contribution in [3.63, 3.8) is 0 Å². The number of hydrogen-bond donors (Lipinski definition) is 1. The minimum atomic E-state index is -0.443. The van der Waals surface area contributed by atoms with Gasteiger partial charge in [0.1, 0.15) is 5.60 Å². The van der Waals surface area contributed by atoms with E-state index in [4.69, 9.17) is 9.47 Å². The van der Waals surface area contributed by atoms with Crippen LogP contribution in [0.2, 0.25) is 0 Å². The summed E-state index contributed by atoms with van der Waals surface area (Å²) in [6.45, 7) is 9.09. The lowest BCUT2D eigenvalue weighted by molar-refractivity contribution is 0.0204. The summed E-state index contributed by atoms with van der Waals surface area (Å²) < 4.78 is 10.6. The summed E-state index contributed by atoms with van der Waals surface area (Å²) in [6.07, 6.45) is 1.59. The number of H-pyrrole nitrogens is 1. The molecule has 1 aliphatic heterocycles. The van der Waals surface area contributed by atoms with Crippen molar-refractivity contribution >= 4 is 6.09 Å². The molecule has 1 saturated heterocycles. The van der Waals surface area contributed by atoms with Crippen molar-refractivity contribution in [2.24, 2.45) is 0 Å². The van der Waals surface area contributed by atoms with Crippen molar-refractivity contribution < 1.29 is 14.3 Å². The fourth-order valence-corrected chi connectivity index (χ4v) is 2.67. The van der Waals surface area contributed by atoms with Gasteiger partial charge in [0.05, 0.1) is 7.11 Å². The van der Waals surface area contributed by atoms with Gasteiger partial charge in [-0.15, -0.1) is 5.10 Å². The van der Waals surface area contributed by atoms with Gasteiger partial charge in [0, 0.05) is 30.3 Å². The largest absolute Gasteiger partial charge is 0.480 e. The molecule has 6 heteroatoms. The van der Waals surface area contributed by atoms with E-state index in [9.17, 15) is 4.79 Å². The number of piperidine rings is 1. The number of carbonyl (C=O) groups excluding carboxylic acids is 1. The van der Waals surface area contributed by atoms with E-state index in [0.29, 0.717) is 24.9 Å². The van der Waals surface area contributed by atoms with Crippen LogP contribution in [0.1, 0.15) is 50.8 Å². The molecule has 0 atom stereocenters. The predicted molar refractivity (Wildman–Crippen MR) is 79.7 cm³/mol. The standard InChI is InChI=1S/C15H25N3O3/c1-10-12(16-17-13(10)20-5)11-6-8-18(9-7-11)14(19)21-15(2,3)4/h11H,6-9H2,1-5H3,(H,16,17). The number of amides is 1. The van der Waals surface area contributed by atoms with Crippen molar-refractivity contribution in [1.82, 2.24) is 15.1 Å². The molecule has 0 saturated carbocycles. The molecule has 1 aromatic rings. The molecule has 0 unspecified atom stereocenters. The van der Waals surface area contributed by atoms with Gasteiger partial charge < -0.3 is 14.4 Å². The number of methoxy groups -OCH3 is 1. The number of carbonyl (C=O) groups is 1. The molecule has 21 heavy (non-hydrogen) atoms. The zero-order valence-corrected chi connectivity index (χ0v) is 13.5. The zero-order chi connectivity index (χ0) is 15.6. The summed E-state index contributed by atoms with van der Waals surface area (Å²) in [5.74, 6) is 1.04. The van der Waals surface area contributed by atoms with Crippen LogP contribution in [0.4, 0.5) is 4.79 Å². The number of hydrogen-bond acceptors (Lipinski definition) is 4. The summed E-state index contributed by atoms with van der Waals surface area (Å²) in [5.41, 5.74) is 1.74. The summed E-state index contributed by atoms with van der Waals surface area (Å²) >= 11 is 0. The molecule has 6 nitrogen and oxygen atoms in total. The summed E-state index contributed by atoms with van der Waals surface area (Å²) in [6, 6.07) is 0. The van der Waals surface area contributed by atoms with Crippen molar-refractivity contribution in [1.29, 1.82) is 0 Å². The molecule has 2 heterocycles. The number of nitrogens with one attached hydrogen (secondary N) is 1. The van der Waals surface area contributed by atoms with E-state index < -0.39 is 5.60 Å². The molecule has 1 aromatic heterocycles. The maximum absolute atomic E-state index is 12.0. The number of aromatic nitrogens is 2. The monoisotopic (exact) mass is 295 g/mol. The lowest BCUT2D eigenvalue weighted by atomic mass is 9.92. The highest BCUT2D eigenvalue weighted by Crippen LogP contribution is 2.32. The van der Waals surface area contributed by atoms with E-state index in [0.717, 1.165) is 24.1 Å². The molecule has 1 amide bonds. The molecular weight excluding hydrogens is 270 g/mol. The predicted octanol–water partition coefficient (Wildman–Crippen LogP) is 2.84. The van der Waals surface area contributed by atoms with Crippen LogP contribution >= 0.6 is 0 Å². The molecule has 0 aromatic carbocycles. The molecular formula is C15H25N3O3. The molecule has 0 radical (unpaired) electrons. The molecule has 0 spiro atoms. The Morgan fingerprint density at radius 1 is 1.33 bits per heavy atom. The van der Waals surface area contributed by atoms with Crippen molar-refractivity contribution in [2.45, 2.75) is 52.1 Å². The average molecular weight is 295 g/mol. The van der Waals surface area contributed by atoms with Gasteiger partial charge in [-0.2, -0.15) is 0 Å². The van der Waals surface area contributed by atoms with Gasteiger partial charge in [-0.1, -0.05) is 0 Å². The van der Waals surface area contributed by atoms with Gasteiger partial charge in [-0.25, -0.2) is 4.79 Å². The van der Waals surface area contributed by atoms with Gasteiger partial charge in [0.2, 0.25) is 5.88 Å². The van der Waals surface area contributed by atoms with Crippen LogP contribution in [-0.2, 0) is 4.74 Å². The Labute approximate surface area is 125 Å².